The van der Waals surface area contributed by atoms with E-state index < -0.39 is 0 Å². The molecule has 0 aliphatic heterocycles. The Balaban J connectivity index is 2.67. The Morgan fingerprint density at radius 1 is 1.33 bits per heavy atom. The molecule has 1 aromatic rings. The van der Waals surface area contributed by atoms with E-state index in [4.69, 9.17) is 9.68 Å². The van der Waals surface area contributed by atoms with Gasteiger partial charge < -0.3 is 0 Å². The Labute approximate surface area is 76.0 Å². The second-order valence-electron chi connectivity index (χ2n) is 1.79. The SMILES string of the molecule is CCOn1pn[pH]n(OCC)[pH]1. The van der Waals surface area contributed by atoms with Crippen molar-refractivity contribution in [2.24, 2.45) is 0 Å². The highest BCUT2D eigenvalue weighted by Gasteiger charge is 1.90. The normalized spacial score (nSPS) is 12.2. The first kappa shape index (κ1) is 10.3. The van der Waals surface area contributed by atoms with Crippen molar-refractivity contribution in [1.29, 1.82) is 0 Å². The summed E-state index contributed by atoms with van der Waals surface area (Å²) in [5.74, 6) is 0. The van der Waals surface area contributed by atoms with Crippen molar-refractivity contribution in [3.63, 3.8) is 0 Å². The summed E-state index contributed by atoms with van der Waals surface area (Å²) in [6.45, 7) is 5.29. The van der Waals surface area contributed by atoms with Crippen molar-refractivity contribution in [3.8, 4) is 0 Å². The molecule has 0 fully saturated rings. The zero-order valence-corrected chi connectivity index (χ0v) is 9.91. The molecule has 0 aliphatic rings. The summed E-state index contributed by atoms with van der Waals surface area (Å²) in [6.07, 6.45) is 0. The van der Waals surface area contributed by atoms with Crippen LogP contribution in [0.15, 0.2) is 0 Å². The second-order valence-corrected chi connectivity index (χ2v) is 5.58. The molecule has 0 bridgehead atoms. The van der Waals surface area contributed by atoms with E-state index in [1.807, 2.05) is 18.1 Å². The molecule has 0 amide bonds. The molecule has 2 atom stereocenters. The minimum Gasteiger partial charge on any atom is -0.261 e. The van der Waals surface area contributed by atoms with Crippen LogP contribution in [0.25, 0.3) is 0 Å². The maximum Gasteiger partial charge on any atom is 0.169 e. The summed E-state index contributed by atoms with van der Waals surface area (Å²) in [6, 6.07) is 0. The molecule has 0 aromatic carbocycles. The van der Waals surface area contributed by atoms with Gasteiger partial charge in [-0.2, -0.15) is 13.0 Å². The average Bonchev–Trinajstić information content (AvgIpc) is 2.06. The van der Waals surface area contributed by atoms with Crippen LogP contribution in [0, 0.1) is 0 Å². The lowest BCUT2D eigenvalue weighted by molar-refractivity contribution is 0.151. The highest BCUT2D eigenvalue weighted by atomic mass is 31.1. The molecule has 0 saturated heterocycles. The third-order valence-electron chi connectivity index (χ3n) is 0.947. The van der Waals surface area contributed by atoms with Gasteiger partial charge >= 0.3 is 0 Å². The Bertz CT molecular complexity index is 227. The third kappa shape index (κ3) is 3.30. The molecule has 0 saturated carbocycles. The van der Waals surface area contributed by atoms with Crippen LogP contribution in [0.4, 0.5) is 0 Å². The summed E-state index contributed by atoms with van der Waals surface area (Å²) in [7, 11) is 1.72. The average molecular weight is 227 g/mol. The van der Waals surface area contributed by atoms with Crippen molar-refractivity contribution < 1.29 is 9.68 Å². The largest absolute Gasteiger partial charge is 0.261 e. The van der Waals surface area contributed by atoms with E-state index >= 15 is 0 Å². The minimum atomic E-state index is 0.404. The topological polar surface area (TPSA) is 41.2 Å². The van der Waals surface area contributed by atoms with Crippen LogP contribution in [0.2, 0.25) is 0 Å². The van der Waals surface area contributed by atoms with Crippen LogP contribution in [-0.2, 0) is 0 Å². The Morgan fingerprint density at radius 3 is 2.75 bits per heavy atom. The maximum absolute atomic E-state index is 5.30. The van der Waals surface area contributed by atoms with Gasteiger partial charge in [0.15, 0.2) is 8.51 Å². The summed E-state index contributed by atoms with van der Waals surface area (Å²) in [5.41, 5.74) is 0. The molecule has 8 heteroatoms. The monoisotopic (exact) mass is 227 g/mol. The summed E-state index contributed by atoms with van der Waals surface area (Å²) in [5, 5.41) is 0. The standard InChI is InChI=1S/C4H12N3O2P3/c1-3-8-6-10-5-11-7(12-6)9-4-2/h10,12H,3-4H2,1-2H3. The second kappa shape index (κ2) is 5.80. The van der Waals surface area contributed by atoms with E-state index in [0.29, 0.717) is 30.2 Å². The predicted octanol–water partition coefficient (Wildman–Crippen LogP) is 1.35. The van der Waals surface area contributed by atoms with Gasteiger partial charge in [-0.3, -0.25) is 9.68 Å². The van der Waals surface area contributed by atoms with Gasteiger partial charge in [0.25, 0.3) is 0 Å². The van der Waals surface area contributed by atoms with Crippen LogP contribution in [0.1, 0.15) is 13.8 Å². The zero-order valence-electron chi connectivity index (χ0n) is 7.02. The first-order chi connectivity index (χ1) is 5.86. The number of rotatable bonds is 4. The Hall–Kier alpha value is 0.220. The lowest BCUT2D eigenvalue weighted by Gasteiger charge is -2.07. The first-order valence-electron chi connectivity index (χ1n) is 3.65. The summed E-state index contributed by atoms with van der Waals surface area (Å²) < 4.78 is 7.80. The molecule has 0 radical (unpaired) electrons. The van der Waals surface area contributed by atoms with E-state index in [-0.39, 0.29) is 0 Å². The molecule has 2 unspecified atom stereocenters. The van der Waals surface area contributed by atoms with E-state index in [0.717, 1.165) is 8.51 Å². The molecular weight excluding hydrogens is 215 g/mol. The lowest BCUT2D eigenvalue weighted by Crippen LogP contribution is -2.09. The minimum absolute atomic E-state index is 0.404. The van der Waals surface area contributed by atoms with Gasteiger partial charge in [0.2, 0.25) is 0 Å². The molecule has 70 valence electrons. The Kier molecular flexibility index (Phi) is 4.98. The fraction of sp³-hybridized carbons (Fsp3) is 1.00. The van der Waals surface area contributed by atoms with Crippen molar-refractivity contribution in [3.05, 3.63) is 0 Å². The third-order valence-corrected chi connectivity index (χ3v) is 4.00. The molecular formula is C4H12N3O2P3. The number of hydrogen-bond acceptors (Lipinski definition) is 3. The number of aromatic nitrogens is 3. The van der Waals surface area contributed by atoms with Crippen LogP contribution in [-0.4, -0.2) is 26.2 Å². The maximum atomic E-state index is 5.30. The Morgan fingerprint density at radius 2 is 2.08 bits per heavy atom. The van der Waals surface area contributed by atoms with Crippen molar-refractivity contribution >= 4 is 25.5 Å². The highest BCUT2D eigenvalue weighted by molar-refractivity contribution is 7.44. The molecule has 5 nitrogen and oxygen atoms in total. The van der Waals surface area contributed by atoms with Crippen LogP contribution in [0.3, 0.4) is 0 Å². The molecule has 1 heterocycles. The zero-order chi connectivity index (χ0) is 8.81. The highest BCUT2D eigenvalue weighted by Crippen LogP contribution is 2.14. The molecule has 1 rings (SSSR count). The fourth-order valence-corrected chi connectivity index (χ4v) is 4.19. The quantitative estimate of drug-likeness (QED) is 0.779. The summed E-state index contributed by atoms with van der Waals surface area (Å²) in [4.78, 5) is 10.6. The van der Waals surface area contributed by atoms with E-state index in [1.165, 1.54) is 0 Å². The van der Waals surface area contributed by atoms with E-state index in [1.54, 1.807) is 4.26 Å². The smallest absolute Gasteiger partial charge is 0.169 e. The first-order valence-corrected chi connectivity index (χ1v) is 6.24. The van der Waals surface area contributed by atoms with Gasteiger partial charge in [-0.05, 0) is 13.8 Å². The molecule has 12 heavy (non-hydrogen) atoms. The van der Waals surface area contributed by atoms with Gasteiger partial charge in [-0.1, -0.05) is 0 Å². The fourth-order valence-electron chi connectivity index (χ4n) is 0.585. The van der Waals surface area contributed by atoms with Crippen molar-refractivity contribution in [1.82, 2.24) is 13.0 Å². The molecule has 0 spiro atoms. The van der Waals surface area contributed by atoms with Gasteiger partial charge in [0.1, 0.15) is 0 Å². The van der Waals surface area contributed by atoms with Gasteiger partial charge in [-0.25, -0.2) is 0 Å². The molecule has 1 aromatic heterocycles. The van der Waals surface area contributed by atoms with Gasteiger partial charge in [0, 0.05) is 0 Å². The number of hydrogen-bond donors (Lipinski definition) is 0. The van der Waals surface area contributed by atoms with Crippen molar-refractivity contribution in [2.45, 2.75) is 13.8 Å². The van der Waals surface area contributed by atoms with Crippen LogP contribution >= 0.6 is 25.5 Å². The molecule has 0 N–H and O–H groups in total. The van der Waals surface area contributed by atoms with Crippen molar-refractivity contribution in [2.75, 3.05) is 13.2 Å². The van der Waals surface area contributed by atoms with E-state index in [9.17, 15) is 0 Å². The molecule has 0 aliphatic carbocycles. The predicted molar refractivity (Wildman–Crippen MR) is 53.6 cm³/mol. The number of nitrogens with zero attached hydrogens (tertiary/aromatic N) is 3. The lowest BCUT2D eigenvalue weighted by atomic mass is 10.9. The van der Waals surface area contributed by atoms with Gasteiger partial charge in [-0.15, -0.1) is 0 Å². The van der Waals surface area contributed by atoms with Gasteiger partial charge in [0.05, 0.1) is 30.2 Å². The summed E-state index contributed by atoms with van der Waals surface area (Å²) >= 11 is 0. The van der Waals surface area contributed by atoms with Crippen LogP contribution < -0.4 is 9.68 Å². The van der Waals surface area contributed by atoms with E-state index in [2.05, 4.69) is 4.51 Å². The van der Waals surface area contributed by atoms with Crippen LogP contribution in [0.5, 0.6) is 0 Å².